The monoisotopic (exact) mass is 297 g/mol. The molecule has 1 aromatic rings. The molecule has 2 rings (SSSR count). The van der Waals surface area contributed by atoms with Crippen molar-refractivity contribution in [3.63, 3.8) is 0 Å². The lowest BCUT2D eigenvalue weighted by molar-refractivity contribution is -0.116. The van der Waals surface area contributed by atoms with E-state index in [0.29, 0.717) is 12.1 Å². The Labute approximate surface area is 108 Å². The van der Waals surface area contributed by atoms with Crippen LogP contribution in [-0.4, -0.2) is 30.4 Å². The normalized spacial score (nSPS) is 19.5. The van der Waals surface area contributed by atoms with Gasteiger partial charge in [-0.25, -0.2) is 4.79 Å². The highest BCUT2D eigenvalue weighted by Gasteiger charge is 2.30. The van der Waals surface area contributed by atoms with Gasteiger partial charge in [-0.1, -0.05) is 22.0 Å². The molecule has 17 heavy (non-hydrogen) atoms. The first-order chi connectivity index (χ1) is 8.13. The molecule has 1 aliphatic rings. The van der Waals surface area contributed by atoms with E-state index in [1.165, 1.54) is 7.11 Å². The van der Waals surface area contributed by atoms with E-state index < -0.39 is 5.97 Å². The van der Waals surface area contributed by atoms with Crippen molar-refractivity contribution in [1.82, 2.24) is 0 Å². The molecule has 0 aliphatic carbocycles. The van der Waals surface area contributed by atoms with E-state index in [4.69, 9.17) is 0 Å². The van der Waals surface area contributed by atoms with Crippen LogP contribution in [-0.2, 0) is 9.53 Å². The molecule has 1 atom stereocenters. The second-order valence-electron chi connectivity index (χ2n) is 3.79. The van der Waals surface area contributed by atoms with Crippen LogP contribution < -0.4 is 4.90 Å². The molecule has 1 unspecified atom stereocenters. The lowest BCUT2D eigenvalue weighted by atomic mass is 10.2. The molecule has 0 spiro atoms. The van der Waals surface area contributed by atoms with Gasteiger partial charge in [-0.15, -0.1) is 0 Å². The highest BCUT2D eigenvalue weighted by molar-refractivity contribution is 9.10. The van der Waals surface area contributed by atoms with Gasteiger partial charge in [0.25, 0.3) is 0 Å². The van der Waals surface area contributed by atoms with E-state index in [1.54, 1.807) is 23.1 Å². The van der Waals surface area contributed by atoms with Gasteiger partial charge in [0.15, 0.2) is 0 Å². The van der Waals surface area contributed by atoms with E-state index >= 15 is 0 Å². The van der Waals surface area contributed by atoms with Gasteiger partial charge >= 0.3 is 5.97 Å². The quantitative estimate of drug-likeness (QED) is 0.619. The number of carbonyl (C=O) groups excluding carboxylic acids is 2. The Morgan fingerprint density at radius 2 is 2.29 bits per heavy atom. The number of ether oxygens (including phenoxy) is 1. The first kappa shape index (κ1) is 12.1. The highest BCUT2D eigenvalue weighted by Crippen LogP contribution is 2.26. The SMILES string of the molecule is COC(=O)c1cccc(N2CCC(Br)C2=O)c1. The lowest BCUT2D eigenvalue weighted by Crippen LogP contribution is -2.27. The molecule has 1 amide bonds. The van der Waals surface area contributed by atoms with Gasteiger partial charge in [0.2, 0.25) is 5.91 Å². The smallest absolute Gasteiger partial charge is 0.337 e. The maximum atomic E-state index is 11.8. The molecule has 0 aromatic heterocycles. The highest BCUT2D eigenvalue weighted by atomic mass is 79.9. The number of carbonyl (C=O) groups is 2. The Hall–Kier alpha value is -1.36. The number of anilines is 1. The number of benzene rings is 1. The van der Waals surface area contributed by atoms with Gasteiger partial charge in [-0.3, -0.25) is 4.79 Å². The minimum atomic E-state index is -0.395. The zero-order valence-corrected chi connectivity index (χ0v) is 10.9. The molecular weight excluding hydrogens is 286 g/mol. The number of hydrogen-bond acceptors (Lipinski definition) is 3. The lowest BCUT2D eigenvalue weighted by Gasteiger charge is -2.16. The Morgan fingerprint density at radius 3 is 2.88 bits per heavy atom. The average Bonchev–Trinajstić information content (AvgIpc) is 2.69. The zero-order chi connectivity index (χ0) is 12.4. The number of rotatable bonds is 2. The second-order valence-corrected chi connectivity index (χ2v) is 4.89. The number of nitrogens with zero attached hydrogens (tertiary/aromatic N) is 1. The number of halogens is 1. The van der Waals surface area contributed by atoms with E-state index in [-0.39, 0.29) is 10.7 Å². The van der Waals surface area contributed by atoms with E-state index in [0.717, 1.165) is 12.1 Å². The Kier molecular flexibility index (Phi) is 3.47. The molecule has 1 fully saturated rings. The van der Waals surface area contributed by atoms with Crippen molar-refractivity contribution in [2.45, 2.75) is 11.2 Å². The summed E-state index contributed by atoms with van der Waals surface area (Å²) in [5, 5.41) is 0. The summed E-state index contributed by atoms with van der Waals surface area (Å²) < 4.78 is 4.65. The van der Waals surface area contributed by atoms with Crippen molar-refractivity contribution in [1.29, 1.82) is 0 Å². The average molecular weight is 298 g/mol. The molecule has 1 aromatic carbocycles. The molecule has 0 saturated carbocycles. The fourth-order valence-electron chi connectivity index (χ4n) is 1.82. The van der Waals surface area contributed by atoms with Crippen molar-refractivity contribution >= 4 is 33.5 Å². The third-order valence-corrected chi connectivity index (χ3v) is 3.57. The molecular formula is C12H12BrNO3. The summed E-state index contributed by atoms with van der Waals surface area (Å²) in [6.45, 7) is 0.666. The molecule has 1 aliphatic heterocycles. The van der Waals surface area contributed by atoms with Gasteiger partial charge < -0.3 is 9.64 Å². The number of esters is 1. The predicted molar refractivity (Wildman–Crippen MR) is 67.5 cm³/mol. The van der Waals surface area contributed by atoms with Gasteiger partial charge in [0.05, 0.1) is 17.5 Å². The van der Waals surface area contributed by atoms with Crippen LogP contribution in [0.3, 0.4) is 0 Å². The summed E-state index contributed by atoms with van der Waals surface area (Å²) in [5.74, 6) is -0.360. The van der Waals surface area contributed by atoms with Gasteiger partial charge in [0.1, 0.15) is 0 Å². The number of amides is 1. The molecule has 0 bridgehead atoms. The Balaban J connectivity index is 2.28. The van der Waals surface area contributed by atoms with E-state index in [2.05, 4.69) is 20.7 Å². The van der Waals surface area contributed by atoms with Crippen LogP contribution in [0.4, 0.5) is 5.69 Å². The molecule has 0 radical (unpaired) electrons. The van der Waals surface area contributed by atoms with Crippen molar-refractivity contribution in [2.75, 3.05) is 18.6 Å². The summed E-state index contributed by atoms with van der Waals surface area (Å²) in [6.07, 6.45) is 0.779. The maximum absolute atomic E-state index is 11.8. The summed E-state index contributed by atoms with van der Waals surface area (Å²) in [4.78, 5) is 24.8. The summed E-state index contributed by atoms with van der Waals surface area (Å²) in [6, 6.07) is 6.90. The van der Waals surface area contributed by atoms with E-state index in [1.807, 2.05) is 6.07 Å². The molecule has 1 saturated heterocycles. The maximum Gasteiger partial charge on any atom is 0.337 e. The summed E-state index contributed by atoms with van der Waals surface area (Å²) in [5.41, 5.74) is 1.19. The van der Waals surface area contributed by atoms with Crippen LogP contribution in [0, 0.1) is 0 Å². The van der Waals surface area contributed by atoms with Crippen LogP contribution in [0.15, 0.2) is 24.3 Å². The van der Waals surface area contributed by atoms with Crippen LogP contribution in [0.2, 0.25) is 0 Å². The topological polar surface area (TPSA) is 46.6 Å². The number of methoxy groups -OCH3 is 1. The fourth-order valence-corrected chi connectivity index (χ4v) is 2.27. The van der Waals surface area contributed by atoms with Crippen LogP contribution >= 0.6 is 15.9 Å². The van der Waals surface area contributed by atoms with Gasteiger partial charge in [-0.2, -0.15) is 0 Å². The molecule has 90 valence electrons. The van der Waals surface area contributed by atoms with Crippen molar-refractivity contribution in [3.8, 4) is 0 Å². The first-order valence-corrected chi connectivity index (χ1v) is 6.19. The standard InChI is InChI=1S/C12H12BrNO3/c1-17-12(16)8-3-2-4-9(7-8)14-6-5-10(13)11(14)15/h2-4,7,10H,5-6H2,1H3. The van der Waals surface area contributed by atoms with Crippen molar-refractivity contribution in [3.05, 3.63) is 29.8 Å². The third kappa shape index (κ3) is 2.34. The molecule has 4 nitrogen and oxygen atoms in total. The van der Waals surface area contributed by atoms with E-state index in [9.17, 15) is 9.59 Å². The Morgan fingerprint density at radius 1 is 1.53 bits per heavy atom. The Bertz CT molecular complexity index is 461. The van der Waals surface area contributed by atoms with Crippen molar-refractivity contribution in [2.24, 2.45) is 0 Å². The molecule has 0 N–H and O–H groups in total. The molecule has 1 heterocycles. The van der Waals surface area contributed by atoms with Crippen LogP contribution in [0.25, 0.3) is 0 Å². The van der Waals surface area contributed by atoms with Crippen LogP contribution in [0.1, 0.15) is 16.8 Å². The summed E-state index contributed by atoms with van der Waals surface area (Å²) in [7, 11) is 1.34. The van der Waals surface area contributed by atoms with Crippen molar-refractivity contribution < 1.29 is 14.3 Å². The third-order valence-electron chi connectivity index (χ3n) is 2.72. The minimum absolute atomic E-state index is 0.0343. The first-order valence-electron chi connectivity index (χ1n) is 5.27. The predicted octanol–water partition coefficient (Wildman–Crippen LogP) is 1.97. The fraction of sp³-hybridized carbons (Fsp3) is 0.333. The zero-order valence-electron chi connectivity index (χ0n) is 9.35. The summed E-state index contributed by atoms with van der Waals surface area (Å²) >= 11 is 3.32. The minimum Gasteiger partial charge on any atom is -0.465 e. The molecule has 5 heteroatoms. The van der Waals surface area contributed by atoms with Crippen LogP contribution in [0.5, 0.6) is 0 Å². The number of hydrogen-bond donors (Lipinski definition) is 0. The second kappa shape index (κ2) is 4.87. The van der Waals surface area contributed by atoms with Gasteiger partial charge in [0, 0.05) is 12.2 Å². The van der Waals surface area contributed by atoms with Gasteiger partial charge in [-0.05, 0) is 24.6 Å². The largest absolute Gasteiger partial charge is 0.465 e. The number of alkyl halides is 1.